The molecular formula is C20H15BrCl2N2OS. The van der Waals surface area contributed by atoms with Gasteiger partial charge >= 0.3 is 0 Å². The molecule has 0 unspecified atom stereocenters. The van der Waals surface area contributed by atoms with Crippen LogP contribution in [0.3, 0.4) is 0 Å². The number of rotatable bonds is 6. The fourth-order valence-electron chi connectivity index (χ4n) is 2.38. The Bertz CT molecular complexity index is 968. The van der Waals surface area contributed by atoms with E-state index >= 15 is 0 Å². The third kappa shape index (κ3) is 5.72. The van der Waals surface area contributed by atoms with E-state index in [4.69, 9.17) is 23.2 Å². The van der Waals surface area contributed by atoms with Crippen molar-refractivity contribution in [3.8, 4) is 0 Å². The van der Waals surface area contributed by atoms with E-state index < -0.39 is 0 Å². The lowest BCUT2D eigenvalue weighted by Gasteiger charge is -2.10. The van der Waals surface area contributed by atoms with Gasteiger partial charge in [-0.2, -0.15) is 0 Å². The number of pyridine rings is 1. The Labute approximate surface area is 180 Å². The molecule has 27 heavy (non-hydrogen) atoms. The minimum atomic E-state index is -0.175. The number of aromatic nitrogens is 1. The maximum atomic E-state index is 12.6. The highest BCUT2D eigenvalue weighted by Gasteiger charge is 2.13. The zero-order chi connectivity index (χ0) is 19.2. The van der Waals surface area contributed by atoms with Gasteiger partial charge in [0.15, 0.2) is 0 Å². The first-order valence-electron chi connectivity index (χ1n) is 8.07. The maximum Gasteiger partial charge on any atom is 0.254 e. The van der Waals surface area contributed by atoms with E-state index in [2.05, 4.69) is 32.3 Å². The molecule has 0 radical (unpaired) electrons. The fraction of sp³-hybridized carbons (Fsp3) is 0.100. The summed E-state index contributed by atoms with van der Waals surface area (Å²) in [7, 11) is 0. The van der Waals surface area contributed by atoms with Crippen molar-refractivity contribution in [2.45, 2.75) is 17.3 Å². The summed E-state index contributed by atoms with van der Waals surface area (Å²) >= 11 is 16.9. The van der Waals surface area contributed by atoms with E-state index in [9.17, 15) is 4.79 Å². The second-order valence-corrected chi connectivity index (χ2v) is 8.40. The van der Waals surface area contributed by atoms with Crippen molar-refractivity contribution in [1.82, 2.24) is 10.3 Å². The van der Waals surface area contributed by atoms with Crippen LogP contribution in [-0.4, -0.2) is 10.9 Å². The Hall–Kier alpha value is -1.53. The first kappa shape index (κ1) is 20.2. The van der Waals surface area contributed by atoms with Crippen LogP contribution in [0.4, 0.5) is 0 Å². The van der Waals surface area contributed by atoms with E-state index in [0.717, 1.165) is 21.4 Å². The normalized spacial score (nSPS) is 10.6. The molecule has 0 aliphatic rings. The molecule has 1 amide bonds. The Morgan fingerprint density at radius 1 is 1.04 bits per heavy atom. The van der Waals surface area contributed by atoms with Crippen LogP contribution in [0, 0.1) is 0 Å². The van der Waals surface area contributed by atoms with E-state index in [1.54, 1.807) is 30.5 Å². The van der Waals surface area contributed by atoms with Gasteiger partial charge in [-0.1, -0.05) is 57.3 Å². The Morgan fingerprint density at radius 2 is 1.89 bits per heavy atom. The average molecular weight is 482 g/mol. The van der Waals surface area contributed by atoms with E-state index in [0.29, 0.717) is 27.2 Å². The predicted molar refractivity (Wildman–Crippen MR) is 116 cm³/mol. The van der Waals surface area contributed by atoms with Gasteiger partial charge in [-0.15, -0.1) is 11.8 Å². The molecule has 2 aromatic carbocycles. The number of nitrogens with zero attached hydrogens (tertiary/aromatic N) is 1. The molecule has 1 heterocycles. The highest BCUT2D eigenvalue weighted by Crippen LogP contribution is 2.26. The van der Waals surface area contributed by atoms with Gasteiger partial charge in [-0.05, 0) is 47.5 Å². The molecule has 3 rings (SSSR count). The topological polar surface area (TPSA) is 42.0 Å². The van der Waals surface area contributed by atoms with Crippen molar-refractivity contribution in [2.24, 2.45) is 0 Å². The van der Waals surface area contributed by atoms with Crippen LogP contribution in [0.5, 0.6) is 0 Å². The summed E-state index contributed by atoms with van der Waals surface area (Å²) in [5, 5.41) is 4.56. The summed E-state index contributed by atoms with van der Waals surface area (Å²) in [5.41, 5.74) is 2.59. The Kier molecular flexibility index (Phi) is 7.19. The fourth-order valence-corrected chi connectivity index (χ4v) is 4.09. The molecule has 1 N–H and O–H groups in total. The molecule has 0 aliphatic heterocycles. The number of halogens is 3. The van der Waals surface area contributed by atoms with E-state index in [1.165, 1.54) is 11.8 Å². The standard InChI is InChI=1S/C20H15BrCl2N2OS/c21-15-4-1-3-14(9-15)12-27-20-16(5-2-8-24-20)19(26)25-11-13-6-7-17(22)18(23)10-13/h1-10H,11-12H2,(H,25,26). The lowest BCUT2D eigenvalue weighted by Crippen LogP contribution is -2.23. The van der Waals surface area contributed by atoms with Crippen LogP contribution in [0.2, 0.25) is 10.0 Å². The molecule has 0 spiro atoms. The second kappa shape index (κ2) is 9.60. The minimum Gasteiger partial charge on any atom is -0.348 e. The lowest BCUT2D eigenvalue weighted by molar-refractivity contribution is 0.0947. The van der Waals surface area contributed by atoms with Crippen LogP contribution in [0.25, 0.3) is 0 Å². The van der Waals surface area contributed by atoms with Gasteiger partial charge in [-0.3, -0.25) is 4.79 Å². The van der Waals surface area contributed by atoms with Gasteiger partial charge in [0.1, 0.15) is 5.03 Å². The van der Waals surface area contributed by atoms with Gasteiger partial charge in [0.05, 0.1) is 15.6 Å². The molecule has 0 aliphatic carbocycles. The van der Waals surface area contributed by atoms with Crippen molar-refractivity contribution < 1.29 is 4.79 Å². The van der Waals surface area contributed by atoms with Crippen LogP contribution in [-0.2, 0) is 12.3 Å². The van der Waals surface area contributed by atoms with Gasteiger partial charge < -0.3 is 5.32 Å². The van der Waals surface area contributed by atoms with Gasteiger partial charge in [0, 0.05) is 23.0 Å². The monoisotopic (exact) mass is 480 g/mol. The molecule has 0 saturated carbocycles. The molecule has 138 valence electrons. The molecule has 0 saturated heterocycles. The van der Waals surface area contributed by atoms with E-state index in [1.807, 2.05) is 24.3 Å². The minimum absolute atomic E-state index is 0.175. The third-order valence-corrected chi connectivity index (χ3v) is 6.03. The second-order valence-electron chi connectivity index (χ2n) is 5.71. The third-order valence-electron chi connectivity index (χ3n) is 3.72. The Balaban J connectivity index is 1.67. The van der Waals surface area contributed by atoms with Gasteiger partial charge in [0.25, 0.3) is 5.91 Å². The average Bonchev–Trinajstić information content (AvgIpc) is 2.67. The number of amides is 1. The van der Waals surface area contributed by atoms with E-state index in [-0.39, 0.29) is 5.91 Å². The van der Waals surface area contributed by atoms with Crippen molar-refractivity contribution in [1.29, 1.82) is 0 Å². The molecule has 7 heteroatoms. The molecule has 0 atom stereocenters. The predicted octanol–water partition coefficient (Wildman–Crippen LogP) is 6.37. The lowest BCUT2D eigenvalue weighted by atomic mass is 10.2. The number of nitrogens with one attached hydrogen (secondary N) is 1. The quantitative estimate of drug-likeness (QED) is 0.415. The molecule has 3 nitrogen and oxygen atoms in total. The van der Waals surface area contributed by atoms with Crippen LogP contribution in [0.15, 0.2) is 70.3 Å². The number of hydrogen-bond donors (Lipinski definition) is 1. The molecule has 0 bridgehead atoms. The zero-order valence-electron chi connectivity index (χ0n) is 14.1. The van der Waals surface area contributed by atoms with Crippen molar-refractivity contribution in [2.75, 3.05) is 0 Å². The smallest absolute Gasteiger partial charge is 0.254 e. The largest absolute Gasteiger partial charge is 0.348 e. The van der Waals surface area contributed by atoms with Crippen LogP contribution >= 0.6 is 50.9 Å². The SMILES string of the molecule is O=C(NCc1ccc(Cl)c(Cl)c1)c1cccnc1SCc1cccc(Br)c1. The van der Waals surface area contributed by atoms with Crippen molar-refractivity contribution >= 4 is 56.8 Å². The number of hydrogen-bond acceptors (Lipinski definition) is 3. The first-order chi connectivity index (χ1) is 13.0. The summed E-state index contributed by atoms with van der Waals surface area (Å²) < 4.78 is 1.03. The number of benzene rings is 2. The molecule has 3 aromatic rings. The highest BCUT2D eigenvalue weighted by molar-refractivity contribution is 9.10. The number of carbonyl (C=O) groups is 1. The summed E-state index contributed by atoms with van der Waals surface area (Å²) in [4.78, 5) is 17.0. The van der Waals surface area contributed by atoms with Crippen molar-refractivity contribution in [3.05, 3.63) is 92.0 Å². The number of thioether (sulfide) groups is 1. The number of carbonyl (C=O) groups excluding carboxylic acids is 1. The highest BCUT2D eigenvalue weighted by atomic mass is 79.9. The summed E-state index contributed by atoms with van der Waals surface area (Å²) in [6, 6.07) is 16.9. The summed E-state index contributed by atoms with van der Waals surface area (Å²) in [6.45, 7) is 0.361. The summed E-state index contributed by atoms with van der Waals surface area (Å²) in [5.74, 6) is 0.551. The molecule has 1 aromatic heterocycles. The first-order valence-corrected chi connectivity index (χ1v) is 10.6. The van der Waals surface area contributed by atoms with Gasteiger partial charge in [-0.25, -0.2) is 4.98 Å². The van der Waals surface area contributed by atoms with Crippen LogP contribution < -0.4 is 5.32 Å². The maximum absolute atomic E-state index is 12.6. The van der Waals surface area contributed by atoms with Crippen molar-refractivity contribution in [3.63, 3.8) is 0 Å². The zero-order valence-corrected chi connectivity index (χ0v) is 18.0. The van der Waals surface area contributed by atoms with Gasteiger partial charge in [0.2, 0.25) is 0 Å². The Morgan fingerprint density at radius 3 is 2.67 bits per heavy atom. The van der Waals surface area contributed by atoms with Crippen LogP contribution in [0.1, 0.15) is 21.5 Å². The molecular weight excluding hydrogens is 467 g/mol. The molecule has 0 fully saturated rings. The summed E-state index contributed by atoms with van der Waals surface area (Å²) in [6.07, 6.45) is 1.69.